The summed E-state index contributed by atoms with van der Waals surface area (Å²) < 4.78 is 5.34. The van der Waals surface area contributed by atoms with E-state index >= 15 is 0 Å². The molecule has 32 heavy (non-hydrogen) atoms. The summed E-state index contributed by atoms with van der Waals surface area (Å²) in [5, 5.41) is 5.66. The number of aromatic nitrogens is 3. The van der Waals surface area contributed by atoms with Gasteiger partial charge in [-0.2, -0.15) is 10.1 Å². The minimum Gasteiger partial charge on any atom is -0.445 e. The molecule has 0 spiro atoms. The van der Waals surface area contributed by atoms with Crippen molar-refractivity contribution < 1.29 is 14.0 Å². The number of ketones is 1. The molecule has 2 aromatic heterocycles. The third kappa shape index (κ3) is 3.62. The lowest BCUT2D eigenvalue weighted by molar-refractivity contribution is -0.128. The maximum Gasteiger partial charge on any atom is 0.263 e. The average Bonchev–Trinajstić information content (AvgIpc) is 3.56. The Morgan fingerprint density at radius 3 is 2.72 bits per heavy atom. The Bertz CT molecular complexity index is 1310. The molecule has 3 heterocycles. The number of hydrazone groups is 1. The molecule has 0 aliphatic carbocycles. The summed E-state index contributed by atoms with van der Waals surface area (Å²) in [6.07, 6.45) is 6.59. The van der Waals surface area contributed by atoms with Crippen LogP contribution in [0.5, 0.6) is 0 Å². The zero-order chi connectivity index (χ0) is 22.1. The number of Topliss-reactive ketones (excluding diaryl/α,β-unsaturated/α-hetero) is 1. The molecule has 1 N–H and O–H groups in total. The van der Waals surface area contributed by atoms with E-state index in [4.69, 9.17) is 4.42 Å². The normalized spacial score (nSPS) is 15.8. The van der Waals surface area contributed by atoms with Crippen molar-refractivity contribution in [3.63, 3.8) is 0 Å². The number of carbonyl (C=O) groups excluding carboxylic acids is 2. The molecule has 158 valence electrons. The van der Waals surface area contributed by atoms with E-state index in [9.17, 15) is 9.59 Å². The van der Waals surface area contributed by atoms with Crippen molar-refractivity contribution in [2.45, 2.75) is 13.3 Å². The van der Waals surface area contributed by atoms with Crippen LogP contribution in [0.2, 0.25) is 0 Å². The van der Waals surface area contributed by atoms with Crippen molar-refractivity contribution >= 4 is 23.1 Å². The predicted molar refractivity (Wildman–Crippen MR) is 119 cm³/mol. The number of rotatable bonds is 6. The number of carbonyl (C=O) groups is 2. The third-order valence-electron chi connectivity index (χ3n) is 5.30. The van der Waals surface area contributed by atoms with Gasteiger partial charge < -0.3 is 9.40 Å². The Morgan fingerprint density at radius 1 is 1.09 bits per heavy atom. The topological polar surface area (TPSA) is 104 Å². The quantitative estimate of drug-likeness (QED) is 0.472. The third-order valence-corrected chi connectivity index (χ3v) is 5.30. The van der Waals surface area contributed by atoms with Crippen molar-refractivity contribution in [2.75, 3.05) is 5.01 Å². The second-order valence-electron chi connectivity index (χ2n) is 7.49. The molecule has 8 nitrogen and oxygen atoms in total. The van der Waals surface area contributed by atoms with Crippen molar-refractivity contribution in [2.24, 2.45) is 11.0 Å². The first-order valence-electron chi connectivity index (χ1n) is 10.1. The highest BCUT2D eigenvalue weighted by atomic mass is 16.3. The first-order chi connectivity index (χ1) is 15.6. The molecule has 0 fully saturated rings. The van der Waals surface area contributed by atoms with Crippen LogP contribution in [0.25, 0.3) is 22.8 Å². The van der Waals surface area contributed by atoms with Crippen LogP contribution < -0.4 is 5.01 Å². The van der Waals surface area contributed by atoms with Gasteiger partial charge in [0.05, 0.1) is 17.6 Å². The van der Waals surface area contributed by atoms with Crippen LogP contribution in [0.1, 0.15) is 12.5 Å². The number of hydrogen-bond acceptors (Lipinski definition) is 6. The second-order valence-corrected chi connectivity index (χ2v) is 7.49. The number of imidazole rings is 1. The lowest BCUT2D eigenvalue weighted by Crippen LogP contribution is -2.33. The van der Waals surface area contributed by atoms with Crippen molar-refractivity contribution in [1.82, 2.24) is 15.0 Å². The molecule has 1 aliphatic heterocycles. The Hall–Kier alpha value is -4.33. The fourth-order valence-electron chi connectivity index (χ4n) is 3.81. The molecule has 5 rings (SSSR count). The van der Waals surface area contributed by atoms with E-state index in [-0.39, 0.29) is 18.1 Å². The lowest BCUT2D eigenvalue weighted by Gasteiger charge is -2.14. The standard InChI is InChI=1S/C24H19N5O3/c1-15-21(20(30)13-16-4-2-5-17(12-16)22-25-8-9-26-22)24(31)29(28-15)19-7-3-6-18(14-19)23-27-10-11-32-23/h2-12,14,21H,13H2,1H3,(H,25,26). The minimum atomic E-state index is -0.910. The molecular formula is C24H19N5O3. The maximum atomic E-state index is 13.1. The summed E-state index contributed by atoms with van der Waals surface area (Å²) in [7, 11) is 0. The van der Waals surface area contributed by atoms with Gasteiger partial charge in [-0.1, -0.05) is 24.3 Å². The molecule has 1 amide bonds. The van der Waals surface area contributed by atoms with Crippen LogP contribution in [-0.2, 0) is 16.0 Å². The highest BCUT2D eigenvalue weighted by molar-refractivity contribution is 6.27. The van der Waals surface area contributed by atoms with Crippen molar-refractivity contribution in [3.05, 3.63) is 78.9 Å². The number of hydrogen-bond donors (Lipinski definition) is 1. The SMILES string of the molecule is CC1=NN(c2cccc(-c3ncco3)c2)C(=O)C1C(=O)Cc1cccc(-c2ncc[nH]2)c1. The van der Waals surface area contributed by atoms with Crippen molar-refractivity contribution in [3.8, 4) is 22.8 Å². The molecule has 1 atom stereocenters. The smallest absolute Gasteiger partial charge is 0.263 e. The molecule has 8 heteroatoms. The highest BCUT2D eigenvalue weighted by Gasteiger charge is 2.39. The zero-order valence-corrected chi connectivity index (χ0v) is 17.2. The van der Waals surface area contributed by atoms with E-state index in [2.05, 4.69) is 20.1 Å². The van der Waals surface area contributed by atoms with Crippen LogP contribution in [-0.4, -0.2) is 32.4 Å². The van der Waals surface area contributed by atoms with Gasteiger partial charge in [0.2, 0.25) is 5.89 Å². The summed E-state index contributed by atoms with van der Waals surface area (Å²) in [5.41, 5.74) is 3.45. The molecule has 0 radical (unpaired) electrons. The van der Waals surface area contributed by atoms with E-state index in [1.54, 1.807) is 43.7 Å². The van der Waals surface area contributed by atoms with Gasteiger partial charge in [-0.25, -0.2) is 9.97 Å². The van der Waals surface area contributed by atoms with Crippen LogP contribution in [0.4, 0.5) is 5.69 Å². The predicted octanol–water partition coefficient (Wildman–Crippen LogP) is 3.88. The summed E-state index contributed by atoms with van der Waals surface area (Å²) in [4.78, 5) is 37.7. The van der Waals surface area contributed by atoms with E-state index in [0.717, 1.165) is 22.5 Å². The van der Waals surface area contributed by atoms with Gasteiger partial charge >= 0.3 is 0 Å². The summed E-state index contributed by atoms with van der Waals surface area (Å²) in [5.74, 6) is -0.291. The first kappa shape index (κ1) is 19.6. The van der Waals surface area contributed by atoms with Crippen LogP contribution in [0.3, 0.4) is 0 Å². The monoisotopic (exact) mass is 425 g/mol. The molecule has 4 aromatic rings. The lowest BCUT2D eigenvalue weighted by atomic mass is 9.93. The molecule has 0 bridgehead atoms. The highest BCUT2D eigenvalue weighted by Crippen LogP contribution is 2.29. The Morgan fingerprint density at radius 2 is 1.94 bits per heavy atom. The zero-order valence-electron chi connectivity index (χ0n) is 17.2. The first-order valence-corrected chi connectivity index (χ1v) is 10.1. The molecule has 0 saturated heterocycles. The Kier molecular flexibility index (Phi) is 4.95. The number of amides is 1. The molecule has 1 aliphatic rings. The number of H-pyrrole nitrogens is 1. The van der Waals surface area contributed by atoms with Gasteiger partial charge in [0.15, 0.2) is 5.78 Å². The van der Waals surface area contributed by atoms with Gasteiger partial charge in [0.25, 0.3) is 5.91 Å². The van der Waals surface area contributed by atoms with E-state index in [0.29, 0.717) is 17.3 Å². The number of benzene rings is 2. The minimum absolute atomic E-state index is 0.127. The van der Waals surface area contributed by atoms with Gasteiger partial charge in [-0.3, -0.25) is 9.59 Å². The van der Waals surface area contributed by atoms with Gasteiger partial charge in [0, 0.05) is 29.9 Å². The average molecular weight is 425 g/mol. The van der Waals surface area contributed by atoms with E-state index < -0.39 is 5.92 Å². The largest absolute Gasteiger partial charge is 0.445 e. The number of oxazole rings is 1. The maximum absolute atomic E-state index is 13.1. The van der Waals surface area contributed by atoms with Crippen LogP contribution in [0.15, 0.2) is 82.9 Å². The van der Waals surface area contributed by atoms with E-state index in [1.807, 2.05) is 30.3 Å². The van der Waals surface area contributed by atoms with E-state index in [1.165, 1.54) is 11.3 Å². The number of aromatic amines is 1. The summed E-state index contributed by atoms with van der Waals surface area (Å²) in [6.45, 7) is 1.71. The van der Waals surface area contributed by atoms with Gasteiger partial charge in [-0.15, -0.1) is 0 Å². The van der Waals surface area contributed by atoms with Crippen LogP contribution >= 0.6 is 0 Å². The summed E-state index contributed by atoms with van der Waals surface area (Å²) >= 11 is 0. The molecule has 2 aromatic carbocycles. The van der Waals surface area contributed by atoms with Crippen LogP contribution in [0, 0.1) is 5.92 Å². The number of anilines is 1. The number of nitrogens with one attached hydrogen (secondary N) is 1. The van der Waals surface area contributed by atoms with Gasteiger partial charge in [-0.05, 0) is 36.8 Å². The van der Waals surface area contributed by atoms with Crippen molar-refractivity contribution in [1.29, 1.82) is 0 Å². The molecule has 0 saturated carbocycles. The Balaban J connectivity index is 1.35. The second kappa shape index (κ2) is 8.07. The number of nitrogens with zero attached hydrogens (tertiary/aromatic N) is 4. The molecular weight excluding hydrogens is 406 g/mol. The summed E-state index contributed by atoms with van der Waals surface area (Å²) in [6, 6.07) is 14.7. The Labute approximate surface area is 183 Å². The van der Waals surface area contributed by atoms with Gasteiger partial charge in [0.1, 0.15) is 18.0 Å². The molecule has 1 unspecified atom stereocenters. The fourth-order valence-corrected chi connectivity index (χ4v) is 3.81. The fraction of sp³-hybridized carbons (Fsp3) is 0.125.